The fraction of sp³-hybridized carbons (Fsp3) is 0.480. The summed E-state index contributed by atoms with van der Waals surface area (Å²) in [5, 5.41) is 3.12. The van der Waals surface area contributed by atoms with Gasteiger partial charge in [-0.1, -0.05) is 31.2 Å². The molecule has 4 rings (SSSR count). The Bertz CT molecular complexity index is 877. The van der Waals surface area contributed by atoms with Gasteiger partial charge in [-0.2, -0.15) is 0 Å². The number of carbonyl (C=O) groups excluding carboxylic acids is 2. The van der Waals surface area contributed by atoms with E-state index in [-0.39, 0.29) is 17.7 Å². The molecule has 2 aromatic rings. The molecule has 1 saturated carbocycles. The van der Waals surface area contributed by atoms with Crippen molar-refractivity contribution >= 4 is 11.8 Å². The fourth-order valence-electron chi connectivity index (χ4n) is 4.49. The number of pyridine rings is 1. The highest BCUT2D eigenvalue weighted by Gasteiger charge is 2.45. The molecule has 1 aromatic heterocycles. The molecule has 2 aliphatic rings. The Kier molecular flexibility index (Phi) is 6.16. The summed E-state index contributed by atoms with van der Waals surface area (Å²) in [7, 11) is 0. The maximum Gasteiger partial charge on any atom is 0.228 e. The Morgan fingerprint density at radius 3 is 2.47 bits per heavy atom. The quantitative estimate of drug-likeness (QED) is 0.761. The van der Waals surface area contributed by atoms with Crippen LogP contribution in [0.1, 0.15) is 44.6 Å². The molecule has 158 valence electrons. The van der Waals surface area contributed by atoms with Crippen molar-refractivity contribution in [2.24, 2.45) is 11.3 Å². The van der Waals surface area contributed by atoms with Gasteiger partial charge < -0.3 is 10.2 Å². The zero-order valence-electron chi connectivity index (χ0n) is 17.8. The highest BCUT2D eigenvalue weighted by Crippen LogP contribution is 2.38. The molecule has 1 aromatic carbocycles. The molecule has 1 atom stereocenters. The van der Waals surface area contributed by atoms with Crippen molar-refractivity contribution in [1.82, 2.24) is 15.2 Å². The lowest BCUT2D eigenvalue weighted by molar-refractivity contribution is -0.142. The number of benzene rings is 1. The van der Waals surface area contributed by atoms with Crippen molar-refractivity contribution in [1.29, 1.82) is 0 Å². The van der Waals surface area contributed by atoms with Crippen LogP contribution in [0.15, 0.2) is 48.8 Å². The lowest BCUT2D eigenvalue weighted by atomic mass is 9.74. The molecule has 30 heavy (non-hydrogen) atoms. The Labute approximate surface area is 178 Å². The average molecular weight is 406 g/mol. The predicted molar refractivity (Wildman–Crippen MR) is 118 cm³/mol. The van der Waals surface area contributed by atoms with Crippen LogP contribution in [0.3, 0.4) is 0 Å². The van der Waals surface area contributed by atoms with Gasteiger partial charge in [0.05, 0.1) is 5.41 Å². The summed E-state index contributed by atoms with van der Waals surface area (Å²) in [5.74, 6) is 0.533. The van der Waals surface area contributed by atoms with E-state index in [2.05, 4.69) is 41.5 Å². The van der Waals surface area contributed by atoms with Gasteiger partial charge in [-0.05, 0) is 67.3 Å². The van der Waals surface area contributed by atoms with Crippen LogP contribution in [0.2, 0.25) is 0 Å². The van der Waals surface area contributed by atoms with Gasteiger partial charge in [0, 0.05) is 37.9 Å². The second kappa shape index (κ2) is 8.99. The fourth-order valence-corrected chi connectivity index (χ4v) is 4.49. The van der Waals surface area contributed by atoms with Gasteiger partial charge in [0.2, 0.25) is 11.8 Å². The highest BCUT2D eigenvalue weighted by molar-refractivity contribution is 5.86. The van der Waals surface area contributed by atoms with Crippen molar-refractivity contribution in [2.75, 3.05) is 19.6 Å². The van der Waals surface area contributed by atoms with Crippen LogP contribution in [0.4, 0.5) is 0 Å². The lowest BCUT2D eigenvalue weighted by Gasteiger charge is -2.42. The first kappa shape index (κ1) is 20.6. The summed E-state index contributed by atoms with van der Waals surface area (Å²) >= 11 is 0. The number of hydrogen-bond donors (Lipinski definition) is 1. The molecule has 1 aliphatic carbocycles. The van der Waals surface area contributed by atoms with E-state index in [0.717, 1.165) is 55.3 Å². The van der Waals surface area contributed by atoms with Crippen LogP contribution in [-0.2, 0) is 16.0 Å². The van der Waals surface area contributed by atoms with E-state index in [0.29, 0.717) is 19.5 Å². The minimum atomic E-state index is -0.545. The van der Waals surface area contributed by atoms with E-state index in [4.69, 9.17) is 0 Å². The molecule has 1 saturated heterocycles. The minimum Gasteiger partial charge on any atom is -0.356 e. The zero-order chi connectivity index (χ0) is 21.0. The van der Waals surface area contributed by atoms with E-state index >= 15 is 0 Å². The molecule has 1 N–H and O–H groups in total. The van der Waals surface area contributed by atoms with Gasteiger partial charge >= 0.3 is 0 Å². The molecule has 0 unspecified atom stereocenters. The van der Waals surface area contributed by atoms with Crippen LogP contribution >= 0.6 is 0 Å². The maximum atomic E-state index is 13.3. The number of aromatic nitrogens is 1. The second-order valence-corrected chi connectivity index (χ2v) is 8.78. The molecule has 0 bridgehead atoms. The molecule has 2 amide bonds. The van der Waals surface area contributed by atoms with Gasteiger partial charge in [0.1, 0.15) is 0 Å². The average Bonchev–Trinajstić information content (AvgIpc) is 3.64. The Morgan fingerprint density at radius 2 is 1.80 bits per heavy atom. The van der Waals surface area contributed by atoms with Crippen molar-refractivity contribution in [3.63, 3.8) is 0 Å². The summed E-state index contributed by atoms with van der Waals surface area (Å²) in [6, 6.07) is 12.4. The summed E-state index contributed by atoms with van der Waals surface area (Å²) < 4.78 is 0. The Balaban J connectivity index is 1.55. The van der Waals surface area contributed by atoms with Crippen molar-refractivity contribution < 1.29 is 9.59 Å². The van der Waals surface area contributed by atoms with Gasteiger partial charge in [-0.25, -0.2) is 0 Å². The van der Waals surface area contributed by atoms with Gasteiger partial charge in [0.15, 0.2) is 0 Å². The van der Waals surface area contributed by atoms with E-state index in [1.54, 1.807) is 12.4 Å². The first-order chi connectivity index (χ1) is 14.6. The van der Waals surface area contributed by atoms with E-state index in [1.165, 1.54) is 0 Å². The third-order valence-corrected chi connectivity index (χ3v) is 6.34. The van der Waals surface area contributed by atoms with Crippen LogP contribution in [-0.4, -0.2) is 41.3 Å². The normalized spacial score (nSPS) is 21.3. The lowest BCUT2D eigenvalue weighted by Crippen LogP contribution is -2.54. The van der Waals surface area contributed by atoms with Crippen LogP contribution < -0.4 is 5.32 Å². The van der Waals surface area contributed by atoms with E-state index in [1.807, 2.05) is 17.0 Å². The van der Waals surface area contributed by atoms with Crippen LogP contribution in [0, 0.1) is 11.3 Å². The monoisotopic (exact) mass is 405 g/mol. The number of nitrogens with one attached hydrogen (secondary N) is 1. The van der Waals surface area contributed by atoms with Crippen molar-refractivity contribution in [3.05, 3.63) is 54.4 Å². The number of rotatable bonds is 7. The summed E-state index contributed by atoms with van der Waals surface area (Å²) in [4.78, 5) is 32.0. The molecule has 2 fully saturated rings. The largest absolute Gasteiger partial charge is 0.356 e. The zero-order valence-corrected chi connectivity index (χ0v) is 17.8. The third-order valence-electron chi connectivity index (χ3n) is 6.34. The number of likely N-dealkylation sites (tertiary alicyclic amines) is 1. The van der Waals surface area contributed by atoms with Crippen LogP contribution in [0.5, 0.6) is 0 Å². The highest BCUT2D eigenvalue weighted by atomic mass is 16.2. The number of nitrogens with zero attached hydrogens (tertiary/aromatic N) is 2. The van der Waals surface area contributed by atoms with Crippen LogP contribution in [0.25, 0.3) is 11.1 Å². The Morgan fingerprint density at radius 1 is 1.10 bits per heavy atom. The number of piperidine rings is 1. The molecule has 2 heterocycles. The first-order valence-corrected chi connectivity index (χ1v) is 11.2. The molecule has 0 spiro atoms. The number of hydrogen-bond acceptors (Lipinski definition) is 3. The summed E-state index contributed by atoms with van der Waals surface area (Å²) in [6.45, 7) is 4.05. The Hall–Kier alpha value is -2.69. The molecule has 1 aliphatic heterocycles. The standard InChI is InChI=1S/C25H31N3O2/c1-2-13-27-24(30)25(12-3-16-28(18-25)23(29)22-8-9-22)17-19-4-6-20(7-5-19)21-10-14-26-15-11-21/h4-7,10-11,14-15,22H,2-3,8-9,12-13,16-18H2,1H3,(H,27,30)/t25-/m1/s1. The van der Waals surface area contributed by atoms with Gasteiger partial charge in [-0.3, -0.25) is 14.6 Å². The molecule has 5 heteroatoms. The van der Waals surface area contributed by atoms with E-state index < -0.39 is 5.41 Å². The van der Waals surface area contributed by atoms with Gasteiger partial charge in [-0.15, -0.1) is 0 Å². The number of carbonyl (C=O) groups is 2. The number of amides is 2. The topological polar surface area (TPSA) is 62.3 Å². The third kappa shape index (κ3) is 4.55. The first-order valence-electron chi connectivity index (χ1n) is 11.2. The second-order valence-electron chi connectivity index (χ2n) is 8.78. The molecule has 0 radical (unpaired) electrons. The summed E-state index contributed by atoms with van der Waals surface area (Å²) in [6.07, 6.45) is 8.87. The summed E-state index contributed by atoms with van der Waals surface area (Å²) in [5.41, 5.74) is 2.86. The SMILES string of the molecule is CCCNC(=O)[C@@]1(Cc2ccc(-c3ccncc3)cc2)CCCN(C(=O)C2CC2)C1. The van der Waals surface area contributed by atoms with Gasteiger partial charge in [0.25, 0.3) is 0 Å². The smallest absolute Gasteiger partial charge is 0.228 e. The minimum absolute atomic E-state index is 0.0934. The van der Waals surface area contributed by atoms with Crippen molar-refractivity contribution in [3.8, 4) is 11.1 Å². The predicted octanol–water partition coefficient (Wildman–Crippen LogP) is 3.84. The van der Waals surface area contributed by atoms with Crippen molar-refractivity contribution in [2.45, 2.75) is 45.4 Å². The molecule has 5 nitrogen and oxygen atoms in total. The molecular formula is C25H31N3O2. The van der Waals surface area contributed by atoms with E-state index in [9.17, 15) is 9.59 Å². The molecular weight excluding hydrogens is 374 g/mol. The maximum absolute atomic E-state index is 13.3.